The van der Waals surface area contributed by atoms with Crippen LogP contribution >= 0.6 is 0 Å². The van der Waals surface area contributed by atoms with Gasteiger partial charge in [-0.2, -0.15) is 5.10 Å². The lowest BCUT2D eigenvalue weighted by Crippen LogP contribution is -2.41. The van der Waals surface area contributed by atoms with Crippen LogP contribution in [0, 0.1) is 0 Å². The lowest BCUT2D eigenvalue weighted by molar-refractivity contribution is 0.00578. The van der Waals surface area contributed by atoms with E-state index in [1.807, 2.05) is 6.07 Å². The second-order valence-corrected chi connectivity index (χ2v) is 7.10. The van der Waals surface area contributed by atoms with Gasteiger partial charge in [0, 0.05) is 6.20 Å². The minimum atomic E-state index is -0.343. The van der Waals surface area contributed by atoms with E-state index in [0.717, 1.165) is 5.59 Å². The molecule has 0 aromatic carbocycles. The summed E-state index contributed by atoms with van der Waals surface area (Å²) < 4.78 is 14.2. The van der Waals surface area contributed by atoms with E-state index in [9.17, 15) is 0 Å². The number of rotatable bonds is 2. The second-order valence-electron chi connectivity index (χ2n) is 7.10. The van der Waals surface area contributed by atoms with Gasteiger partial charge in [0.05, 0.1) is 22.8 Å². The van der Waals surface area contributed by atoms with Crippen LogP contribution in [-0.2, 0) is 9.31 Å². The van der Waals surface area contributed by atoms with Gasteiger partial charge in [0.15, 0.2) is 0 Å². The molecule has 0 radical (unpaired) electrons. The van der Waals surface area contributed by atoms with Gasteiger partial charge in [0.25, 0.3) is 0 Å². The summed E-state index contributed by atoms with van der Waals surface area (Å²) in [5, 5.41) is 4.71. The van der Waals surface area contributed by atoms with Crippen molar-refractivity contribution in [3.05, 3.63) is 12.3 Å². The molecular formula is C15H25BN2O2. The average molecular weight is 276 g/mol. The highest BCUT2D eigenvalue weighted by Crippen LogP contribution is 2.36. The van der Waals surface area contributed by atoms with Gasteiger partial charge in [-0.3, -0.25) is 4.68 Å². The monoisotopic (exact) mass is 276 g/mol. The molecule has 1 aliphatic carbocycles. The number of nitrogens with zero attached hydrogens (tertiary/aromatic N) is 2. The molecule has 4 nitrogen and oxygen atoms in total. The molecule has 0 unspecified atom stereocenters. The van der Waals surface area contributed by atoms with Crippen molar-refractivity contribution in [3.8, 4) is 0 Å². The molecule has 1 aromatic rings. The minimum Gasteiger partial charge on any atom is -0.398 e. The molecular weight excluding hydrogens is 251 g/mol. The normalized spacial score (nSPS) is 26.1. The van der Waals surface area contributed by atoms with Crippen LogP contribution in [0.15, 0.2) is 12.3 Å². The van der Waals surface area contributed by atoms with Crippen molar-refractivity contribution in [2.24, 2.45) is 0 Å². The predicted molar refractivity (Wildman–Crippen MR) is 80.1 cm³/mol. The Morgan fingerprint density at radius 3 is 2.30 bits per heavy atom. The van der Waals surface area contributed by atoms with Crippen molar-refractivity contribution in [1.82, 2.24) is 9.78 Å². The molecule has 1 aromatic heterocycles. The molecule has 0 N–H and O–H groups in total. The molecule has 2 fully saturated rings. The number of hydrogen-bond donors (Lipinski definition) is 0. The van der Waals surface area contributed by atoms with Crippen LogP contribution in [0.3, 0.4) is 0 Å². The van der Waals surface area contributed by atoms with Crippen LogP contribution in [-0.4, -0.2) is 28.1 Å². The lowest BCUT2D eigenvalue weighted by atomic mass is 9.85. The molecule has 3 rings (SSSR count). The maximum absolute atomic E-state index is 6.05. The number of aromatic nitrogens is 2. The molecule has 0 spiro atoms. The quantitative estimate of drug-likeness (QED) is 0.779. The van der Waals surface area contributed by atoms with Crippen molar-refractivity contribution >= 4 is 12.7 Å². The zero-order valence-corrected chi connectivity index (χ0v) is 13.1. The van der Waals surface area contributed by atoms with Crippen molar-refractivity contribution < 1.29 is 9.31 Å². The first kappa shape index (κ1) is 14.1. The van der Waals surface area contributed by atoms with E-state index in [4.69, 9.17) is 14.4 Å². The third-order valence-electron chi connectivity index (χ3n) is 5.07. The Hall–Kier alpha value is -0.805. The lowest BCUT2D eigenvalue weighted by Gasteiger charge is -2.32. The molecule has 1 aliphatic heterocycles. The van der Waals surface area contributed by atoms with Gasteiger partial charge in [0.2, 0.25) is 0 Å². The largest absolute Gasteiger partial charge is 0.516 e. The minimum absolute atomic E-state index is 0.299. The Kier molecular flexibility index (Phi) is 3.45. The maximum Gasteiger partial charge on any atom is 0.516 e. The van der Waals surface area contributed by atoms with Crippen LogP contribution in [0.5, 0.6) is 0 Å². The first-order valence-electron chi connectivity index (χ1n) is 7.80. The van der Waals surface area contributed by atoms with E-state index in [1.54, 1.807) is 0 Å². The Morgan fingerprint density at radius 1 is 1.10 bits per heavy atom. The molecule has 2 heterocycles. The van der Waals surface area contributed by atoms with Crippen molar-refractivity contribution in [2.75, 3.05) is 0 Å². The van der Waals surface area contributed by atoms with Gasteiger partial charge in [-0.25, -0.2) is 0 Å². The Morgan fingerprint density at radius 2 is 1.70 bits per heavy atom. The van der Waals surface area contributed by atoms with Crippen molar-refractivity contribution in [2.45, 2.75) is 77.0 Å². The van der Waals surface area contributed by atoms with E-state index >= 15 is 0 Å². The molecule has 1 saturated heterocycles. The summed E-state index contributed by atoms with van der Waals surface area (Å²) in [7, 11) is -0.343. The third-order valence-corrected chi connectivity index (χ3v) is 5.07. The van der Waals surface area contributed by atoms with Gasteiger partial charge in [0.1, 0.15) is 0 Å². The molecule has 0 bridgehead atoms. The molecule has 110 valence electrons. The van der Waals surface area contributed by atoms with Gasteiger partial charge < -0.3 is 9.31 Å². The SMILES string of the molecule is CC1(C)OB(c2ccn(C3CCCCC3)n2)OC1(C)C. The fourth-order valence-electron chi connectivity index (χ4n) is 2.99. The van der Waals surface area contributed by atoms with Crippen LogP contribution in [0.25, 0.3) is 0 Å². The second kappa shape index (κ2) is 4.88. The van der Waals surface area contributed by atoms with E-state index in [1.165, 1.54) is 32.1 Å². The smallest absolute Gasteiger partial charge is 0.398 e. The van der Waals surface area contributed by atoms with Crippen LogP contribution in [0.2, 0.25) is 0 Å². The highest BCUT2D eigenvalue weighted by atomic mass is 16.7. The third kappa shape index (κ3) is 2.42. The fraction of sp³-hybridized carbons (Fsp3) is 0.800. The van der Waals surface area contributed by atoms with Crippen LogP contribution < -0.4 is 5.59 Å². The van der Waals surface area contributed by atoms with Crippen molar-refractivity contribution in [3.63, 3.8) is 0 Å². The Balaban J connectivity index is 1.74. The van der Waals surface area contributed by atoms with Gasteiger partial charge >= 0.3 is 7.12 Å². The number of hydrogen-bond acceptors (Lipinski definition) is 3. The molecule has 5 heteroatoms. The zero-order chi connectivity index (χ0) is 14.4. The molecule has 1 saturated carbocycles. The van der Waals surface area contributed by atoms with E-state index in [-0.39, 0.29) is 18.3 Å². The van der Waals surface area contributed by atoms with Gasteiger partial charge in [-0.15, -0.1) is 0 Å². The summed E-state index contributed by atoms with van der Waals surface area (Å²) in [5.74, 6) is 0. The summed E-state index contributed by atoms with van der Waals surface area (Å²) in [6, 6.07) is 2.59. The van der Waals surface area contributed by atoms with Gasteiger partial charge in [-0.1, -0.05) is 19.3 Å². The highest BCUT2D eigenvalue weighted by Gasteiger charge is 2.52. The highest BCUT2D eigenvalue weighted by molar-refractivity contribution is 6.61. The molecule has 20 heavy (non-hydrogen) atoms. The Bertz CT molecular complexity index is 462. The summed E-state index contributed by atoms with van der Waals surface area (Å²) >= 11 is 0. The van der Waals surface area contributed by atoms with E-state index in [2.05, 4.69) is 38.6 Å². The fourth-order valence-corrected chi connectivity index (χ4v) is 2.99. The average Bonchev–Trinajstić information content (AvgIpc) is 2.94. The summed E-state index contributed by atoms with van der Waals surface area (Å²) in [6.45, 7) is 8.30. The van der Waals surface area contributed by atoms with Gasteiger partial charge in [-0.05, 0) is 46.6 Å². The van der Waals surface area contributed by atoms with Crippen molar-refractivity contribution in [1.29, 1.82) is 0 Å². The Labute approximate surface area is 122 Å². The van der Waals surface area contributed by atoms with E-state index < -0.39 is 0 Å². The molecule has 0 atom stereocenters. The first-order chi connectivity index (χ1) is 9.39. The van der Waals surface area contributed by atoms with Crippen LogP contribution in [0.1, 0.15) is 65.8 Å². The molecule has 0 amide bonds. The van der Waals surface area contributed by atoms with E-state index in [0.29, 0.717) is 6.04 Å². The predicted octanol–water partition coefficient (Wildman–Crippen LogP) is 2.69. The standard InChI is InChI=1S/C15H25BN2O2/c1-14(2)15(3,4)20-16(19-14)13-10-11-18(17-13)12-8-6-5-7-9-12/h10-12H,5-9H2,1-4H3. The molecule has 2 aliphatic rings. The maximum atomic E-state index is 6.05. The first-order valence-corrected chi connectivity index (χ1v) is 7.80. The summed E-state index contributed by atoms with van der Waals surface area (Å²) in [4.78, 5) is 0. The zero-order valence-electron chi connectivity index (χ0n) is 13.1. The van der Waals surface area contributed by atoms with Crippen LogP contribution in [0.4, 0.5) is 0 Å². The summed E-state index contributed by atoms with van der Waals surface area (Å²) in [5.41, 5.74) is 0.299. The summed E-state index contributed by atoms with van der Waals surface area (Å²) in [6.07, 6.45) is 8.56. The topological polar surface area (TPSA) is 36.3 Å².